The normalized spacial score (nSPS) is 9.67. The number of amides is 1. The summed E-state index contributed by atoms with van der Waals surface area (Å²) in [5.41, 5.74) is 9.59. The van der Waals surface area contributed by atoms with Crippen molar-refractivity contribution in [1.29, 1.82) is 0 Å². The summed E-state index contributed by atoms with van der Waals surface area (Å²) in [6.07, 6.45) is 0. The largest absolute Gasteiger partial charge is 0.322 e. The summed E-state index contributed by atoms with van der Waals surface area (Å²) in [5.74, 6) is 5.57. The number of nitrogens with one attached hydrogen (secondary N) is 1. The van der Waals surface area contributed by atoms with Crippen LogP contribution in [0.25, 0.3) is 0 Å². The van der Waals surface area contributed by atoms with Gasteiger partial charge >= 0.3 is 0 Å². The lowest BCUT2D eigenvalue weighted by Gasteiger charge is -2.08. The van der Waals surface area contributed by atoms with Crippen LogP contribution in [0.4, 0.5) is 5.69 Å². The van der Waals surface area contributed by atoms with Crippen LogP contribution in [0.3, 0.4) is 0 Å². The van der Waals surface area contributed by atoms with Crippen LogP contribution in [0.2, 0.25) is 0 Å². The maximum absolute atomic E-state index is 12.4. The lowest BCUT2D eigenvalue weighted by molar-refractivity contribution is 0.102. The van der Waals surface area contributed by atoms with E-state index in [2.05, 4.69) is 17.2 Å². The van der Waals surface area contributed by atoms with Gasteiger partial charge in [0.25, 0.3) is 5.91 Å². The first-order valence-corrected chi connectivity index (χ1v) is 6.78. The van der Waals surface area contributed by atoms with Gasteiger partial charge in [-0.05, 0) is 38.1 Å². The Morgan fingerprint density at radius 2 is 1.76 bits per heavy atom. The summed E-state index contributed by atoms with van der Waals surface area (Å²) in [4.78, 5) is 12.4. The highest BCUT2D eigenvalue weighted by Crippen LogP contribution is 2.15. The van der Waals surface area contributed by atoms with Gasteiger partial charge in [-0.3, -0.25) is 4.79 Å². The van der Waals surface area contributed by atoms with Crippen molar-refractivity contribution >= 4 is 11.6 Å². The van der Waals surface area contributed by atoms with E-state index in [0.717, 1.165) is 16.8 Å². The molecule has 2 rings (SSSR count). The van der Waals surface area contributed by atoms with Crippen molar-refractivity contribution in [3.63, 3.8) is 0 Å². The van der Waals surface area contributed by atoms with Gasteiger partial charge in [0.1, 0.15) is 0 Å². The van der Waals surface area contributed by atoms with Gasteiger partial charge in [0.05, 0.1) is 12.1 Å². The average Bonchev–Trinajstić information content (AvgIpc) is 2.48. The molecule has 2 aromatic rings. The molecule has 0 fully saturated rings. The van der Waals surface area contributed by atoms with Crippen LogP contribution in [-0.2, 0) is 0 Å². The predicted octanol–water partition coefficient (Wildman–Crippen LogP) is 2.87. The lowest BCUT2D eigenvalue weighted by atomic mass is 10.0. The Balaban J connectivity index is 2.29. The van der Waals surface area contributed by atoms with Gasteiger partial charge in [-0.2, -0.15) is 0 Å². The Morgan fingerprint density at radius 1 is 1.10 bits per heavy atom. The van der Waals surface area contributed by atoms with Crippen LogP contribution in [0.5, 0.6) is 0 Å². The van der Waals surface area contributed by atoms with E-state index >= 15 is 0 Å². The van der Waals surface area contributed by atoms with Crippen LogP contribution in [-0.4, -0.2) is 12.5 Å². The van der Waals surface area contributed by atoms with E-state index in [4.69, 9.17) is 5.73 Å². The number of carbonyl (C=O) groups excluding carboxylic acids is 1. The Morgan fingerprint density at radius 3 is 2.43 bits per heavy atom. The van der Waals surface area contributed by atoms with Gasteiger partial charge in [-0.1, -0.05) is 41.2 Å². The number of hydrogen-bond donors (Lipinski definition) is 2. The van der Waals surface area contributed by atoms with E-state index in [0.29, 0.717) is 11.1 Å². The first kappa shape index (κ1) is 14.8. The second-order valence-corrected chi connectivity index (χ2v) is 4.88. The highest BCUT2D eigenvalue weighted by atomic mass is 16.1. The van der Waals surface area contributed by atoms with E-state index in [1.54, 1.807) is 0 Å². The summed E-state index contributed by atoms with van der Waals surface area (Å²) < 4.78 is 0. The maximum atomic E-state index is 12.4. The van der Waals surface area contributed by atoms with Crippen molar-refractivity contribution < 1.29 is 4.79 Å². The van der Waals surface area contributed by atoms with E-state index in [1.165, 1.54) is 0 Å². The Kier molecular flexibility index (Phi) is 4.76. The first-order valence-electron chi connectivity index (χ1n) is 6.78. The van der Waals surface area contributed by atoms with Crippen molar-refractivity contribution in [2.45, 2.75) is 13.8 Å². The molecule has 21 heavy (non-hydrogen) atoms. The molecule has 0 unspecified atom stereocenters. The van der Waals surface area contributed by atoms with Crippen molar-refractivity contribution in [2.75, 3.05) is 11.9 Å². The number of nitrogens with two attached hydrogens (primary N) is 1. The lowest BCUT2D eigenvalue weighted by Crippen LogP contribution is -2.14. The summed E-state index contributed by atoms with van der Waals surface area (Å²) in [6.45, 7) is 4.22. The minimum absolute atomic E-state index is 0.163. The van der Waals surface area contributed by atoms with E-state index < -0.39 is 0 Å². The predicted molar refractivity (Wildman–Crippen MR) is 86.2 cm³/mol. The molecule has 0 aliphatic carbocycles. The third kappa shape index (κ3) is 3.95. The van der Waals surface area contributed by atoms with Crippen LogP contribution < -0.4 is 11.1 Å². The summed E-state index contributed by atoms with van der Waals surface area (Å²) >= 11 is 0. The van der Waals surface area contributed by atoms with Gasteiger partial charge < -0.3 is 11.1 Å². The molecule has 0 atom stereocenters. The SMILES string of the molecule is Cc1ccc(NC(=O)c2cc(C)ccc2C#CCN)cc1. The number of aryl methyl sites for hydroxylation is 2. The van der Waals surface area contributed by atoms with Gasteiger partial charge in [0.2, 0.25) is 0 Å². The topological polar surface area (TPSA) is 55.1 Å². The van der Waals surface area contributed by atoms with Gasteiger partial charge in [0, 0.05) is 11.3 Å². The maximum Gasteiger partial charge on any atom is 0.256 e. The monoisotopic (exact) mass is 278 g/mol. The quantitative estimate of drug-likeness (QED) is 0.830. The molecule has 0 spiro atoms. The van der Waals surface area contributed by atoms with E-state index in [1.807, 2.05) is 56.3 Å². The second kappa shape index (κ2) is 6.74. The minimum Gasteiger partial charge on any atom is -0.322 e. The summed E-state index contributed by atoms with van der Waals surface area (Å²) in [5, 5.41) is 2.89. The zero-order valence-electron chi connectivity index (χ0n) is 12.2. The molecule has 106 valence electrons. The highest BCUT2D eigenvalue weighted by molar-refractivity contribution is 6.06. The average molecular weight is 278 g/mol. The third-order valence-electron chi connectivity index (χ3n) is 3.05. The molecule has 0 radical (unpaired) electrons. The van der Waals surface area contributed by atoms with Gasteiger partial charge in [-0.25, -0.2) is 0 Å². The fourth-order valence-corrected chi connectivity index (χ4v) is 1.94. The van der Waals surface area contributed by atoms with E-state index in [-0.39, 0.29) is 12.5 Å². The molecule has 0 aromatic heterocycles. The van der Waals surface area contributed by atoms with Crippen LogP contribution in [0, 0.1) is 25.7 Å². The number of anilines is 1. The van der Waals surface area contributed by atoms with Crippen molar-refractivity contribution in [3.05, 3.63) is 64.7 Å². The molecule has 3 heteroatoms. The fraction of sp³-hybridized carbons (Fsp3) is 0.167. The molecule has 0 aliphatic heterocycles. The molecular formula is C18H18N2O. The zero-order valence-corrected chi connectivity index (χ0v) is 12.2. The van der Waals surface area contributed by atoms with Gasteiger partial charge in [-0.15, -0.1) is 0 Å². The molecule has 0 heterocycles. The fourth-order valence-electron chi connectivity index (χ4n) is 1.94. The zero-order chi connectivity index (χ0) is 15.2. The van der Waals surface area contributed by atoms with E-state index in [9.17, 15) is 4.79 Å². The standard InChI is InChI=1S/C18H18N2O/c1-13-6-9-16(10-7-13)20-18(21)17-12-14(2)5-8-15(17)4-3-11-19/h5-10,12H,11,19H2,1-2H3,(H,20,21). The molecule has 0 aliphatic rings. The molecule has 0 saturated heterocycles. The van der Waals surface area contributed by atoms with Crippen LogP contribution >= 0.6 is 0 Å². The molecule has 0 bridgehead atoms. The molecule has 2 aromatic carbocycles. The molecule has 3 N–H and O–H groups in total. The number of hydrogen-bond acceptors (Lipinski definition) is 2. The molecular weight excluding hydrogens is 260 g/mol. The number of rotatable bonds is 2. The first-order chi connectivity index (χ1) is 10.1. The van der Waals surface area contributed by atoms with Crippen molar-refractivity contribution in [3.8, 4) is 11.8 Å². The molecule has 3 nitrogen and oxygen atoms in total. The number of carbonyl (C=O) groups is 1. The molecule has 1 amide bonds. The smallest absolute Gasteiger partial charge is 0.256 e. The van der Waals surface area contributed by atoms with Crippen molar-refractivity contribution in [1.82, 2.24) is 0 Å². The second-order valence-electron chi connectivity index (χ2n) is 4.88. The third-order valence-corrected chi connectivity index (χ3v) is 3.05. The Bertz CT molecular complexity index is 706. The van der Waals surface area contributed by atoms with Crippen LogP contribution in [0.1, 0.15) is 27.0 Å². The van der Waals surface area contributed by atoms with Crippen LogP contribution in [0.15, 0.2) is 42.5 Å². The Hall–Kier alpha value is -2.57. The highest BCUT2D eigenvalue weighted by Gasteiger charge is 2.10. The Labute approximate surface area is 125 Å². The minimum atomic E-state index is -0.163. The van der Waals surface area contributed by atoms with Gasteiger partial charge in [0.15, 0.2) is 0 Å². The summed E-state index contributed by atoms with van der Waals surface area (Å²) in [7, 11) is 0. The molecule has 0 saturated carbocycles. The number of benzene rings is 2. The van der Waals surface area contributed by atoms with Crippen molar-refractivity contribution in [2.24, 2.45) is 5.73 Å². The summed E-state index contributed by atoms with van der Waals surface area (Å²) in [6, 6.07) is 13.3.